The van der Waals surface area contributed by atoms with E-state index in [1.807, 2.05) is 13.8 Å². The Balaban J connectivity index is 1.95. The second kappa shape index (κ2) is 11.5. The Labute approximate surface area is 215 Å². The first-order valence-electron chi connectivity index (χ1n) is 13.3. The lowest BCUT2D eigenvalue weighted by Gasteiger charge is -2.37. The maximum atomic E-state index is 14.1. The zero-order valence-corrected chi connectivity index (χ0v) is 22.5. The summed E-state index contributed by atoms with van der Waals surface area (Å²) in [5.74, 6) is -0.540. The first kappa shape index (κ1) is 27.8. The van der Waals surface area contributed by atoms with Crippen molar-refractivity contribution in [1.82, 2.24) is 15.5 Å². The Kier molecular flexibility index (Phi) is 8.90. The summed E-state index contributed by atoms with van der Waals surface area (Å²) in [5, 5.41) is 16.1. The smallest absolute Gasteiger partial charge is 0.408 e. The molecule has 0 aliphatic heterocycles. The summed E-state index contributed by atoms with van der Waals surface area (Å²) in [7, 11) is 0. The lowest BCUT2D eigenvalue weighted by Crippen LogP contribution is -2.56. The van der Waals surface area contributed by atoms with Crippen LogP contribution in [-0.4, -0.2) is 51.6 Å². The molecule has 2 aliphatic rings. The van der Waals surface area contributed by atoms with Crippen LogP contribution in [0.3, 0.4) is 0 Å². The van der Waals surface area contributed by atoms with E-state index in [0.29, 0.717) is 5.56 Å². The molecule has 8 nitrogen and oxygen atoms in total. The SMILES string of the molecule is CC(C)C(NC(=O)OC(C)(C)C)C(=O)N(C(C(=O)NC1CCCCC1)c1cccc(O)c1)C1CC1C. The number of hydrogen-bond donors (Lipinski definition) is 3. The maximum Gasteiger partial charge on any atom is 0.408 e. The molecule has 4 unspecified atom stereocenters. The number of carbonyl (C=O) groups is 3. The molecule has 3 N–H and O–H groups in total. The Morgan fingerprint density at radius 3 is 2.28 bits per heavy atom. The highest BCUT2D eigenvalue weighted by molar-refractivity contribution is 5.93. The lowest BCUT2D eigenvalue weighted by atomic mass is 9.94. The number of ether oxygens (including phenoxy) is 1. The molecule has 36 heavy (non-hydrogen) atoms. The molecule has 3 amide bonds. The summed E-state index contributed by atoms with van der Waals surface area (Å²) in [4.78, 5) is 42.2. The van der Waals surface area contributed by atoms with Crippen LogP contribution in [0.15, 0.2) is 24.3 Å². The fraction of sp³-hybridized carbons (Fsp3) is 0.679. The normalized spacial score (nSPS) is 21.9. The largest absolute Gasteiger partial charge is 0.508 e. The number of phenols is 1. The molecule has 8 heteroatoms. The molecular formula is C28H43N3O5. The van der Waals surface area contributed by atoms with E-state index >= 15 is 0 Å². The Hall–Kier alpha value is -2.77. The molecule has 0 radical (unpaired) electrons. The van der Waals surface area contributed by atoms with E-state index in [1.165, 1.54) is 6.42 Å². The summed E-state index contributed by atoms with van der Waals surface area (Å²) in [5.41, 5.74) is -0.154. The van der Waals surface area contributed by atoms with Gasteiger partial charge in [0.15, 0.2) is 0 Å². The molecule has 0 spiro atoms. The van der Waals surface area contributed by atoms with Crippen molar-refractivity contribution in [3.05, 3.63) is 29.8 Å². The van der Waals surface area contributed by atoms with Crippen molar-refractivity contribution < 1.29 is 24.2 Å². The first-order chi connectivity index (χ1) is 16.9. The number of hydrogen-bond acceptors (Lipinski definition) is 5. The van der Waals surface area contributed by atoms with E-state index in [0.717, 1.165) is 32.1 Å². The number of nitrogens with one attached hydrogen (secondary N) is 2. The number of phenolic OH excluding ortho intramolecular Hbond substituents is 1. The van der Waals surface area contributed by atoms with E-state index in [2.05, 4.69) is 17.6 Å². The van der Waals surface area contributed by atoms with Gasteiger partial charge in [0.25, 0.3) is 0 Å². The van der Waals surface area contributed by atoms with Crippen LogP contribution in [0.25, 0.3) is 0 Å². The molecule has 2 fully saturated rings. The standard InChI is InChI=1S/C28H43N3O5/c1-17(2)23(30-27(35)36-28(4,5)6)26(34)31(22-15-18(22)3)24(19-11-10-14-21(32)16-19)25(33)29-20-12-8-7-9-13-20/h10-11,14,16-18,20,22-24,32H,7-9,12-13,15H2,1-6H3,(H,29,33)(H,30,35). The van der Waals surface area contributed by atoms with Crippen molar-refractivity contribution in [2.45, 2.75) is 110 Å². The van der Waals surface area contributed by atoms with E-state index in [4.69, 9.17) is 4.74 Å². The predicted octanol–water partition coefficient (Wildman–Crippen LogP) is 4.67. The number of alkyl carbamates (subject to hydrolysis) is 1. The average Bonchev–Trinajstić information content (AvgIpc) is 3.50. The van der Waals surface area contributed by atoms with Crippen LogP contribution in [-0.2, 0) is 14.3 Å². The number of nitrogens with zero attached hydrogens (tertiary/aromatic N) is 1. The van der Waals surface area contributed by atoms with Crippen LogP contribution >= 0.6 is 0 Å². The monoisotopic (exact) mass is 501 g/mol. The second-order valence-corrected chi connectivity index (χ2v) is 11.7. The van der Waals surface area contributed by atoms with Crippen molar-refractivity contribution in [3.8, 4) is 5.75 Å². The highest BCUT2D eigenvalue weighted by Crippen LogP contribution is 2.41. The third kappa shape index (κ3) is 7.37. The fourth-order valence-corrected chi connectivity index (χ4v) is 4.94. The highest BCUT2D eigenvalue weighted by Gasteiger charge is 2.49. The van der Waals surface area contributed by atoms with Gasteiger partial charge >= 0.3 is 6.09 Å². The van der Waals surface area contributed by atoms with Gasteiger partial charge in [0.1, 0.15) is 23.4 Å². The van der Waals surface area contributed by atoms with Crippen LogP contribution in [0, 0.1) is 11.8 Å². The van der Waals surface area contributed by atoms with Crippen LogP contribution in [0.2, 0.25) is 0 Å². The molecule has 0 aromatic heterocycles. The zero-order chi connectivity index (χ0) is 26.6. The quantitative estimate of drug-likeness (QED) is 0.480. The van der Waals surface area contributed by atoms with Gasteiger partial charge in [0.2, 0.25) is 11.8 Å². The maximum absolute atomic E-state index is 14.1. The first-order valence-corrected chi connectivity index (χ1v) is 13.3. The van der Waals surface area contributed by atoms with Crippen molar-refractivity contribution in [2.24, 2.45) is 11.8 Å². The van der Waals surface area contributed by atoms with Crippen molar-refractivity contribution >= 4 is 17.9 Å². The molecule has 1 aromatic rings. The second-order valence-electron chi connectivity index (χ2n) is 11.7. The minimum atomic E-state index is -0.914. The van der Waals surface area contributed by atoms with Crippen molar-refractivity contribution in [1.29, 1.82) is 0 Å². The van der Waals surface area contributed by atoms with Gasteiger partial charge in [-0.05, 0) is 69.6 Å². The topological polar surface area (TPSA) is 108 Å². The number of rotatable bonds is 8. The Bertz CT molecular complexity index is 935. The molecule has 4 atom stereocenters. The van der Waals surface area contributed by atoms with Gasteiger partial charge in [-0.3, -0.25) is 9.59 Å². The van der Waals surface area contributed by atoms with Crippen LogP contribution in [0.1, 0.15) is 91.7 Å². The van der Waals surface area contributed by atoms with Crippen LogP contribution in [0.5, 0.6) is 5.75 Å². The summed E-state index contributed by atoms with van der Waals surface area (Å²) in [6.45, 7) is 11.1. The molecule has 0 bridgehead atoms. The Morgan fingerprint density at radius 1 is 1.11 bits per heavy atom. The van der Waals surface area contributed by atoms with Crippen molar-refractivity contribution in [3.63, 3.8) is 0 Å². The number of benzene rings is 1. The van der Waals surface area contributed by atoms with E-state index < -0.39 is 23.8 Å². The Morgan fingerprint density at radius 2 is 1.75 bits per heavy atom. The summed E-state index contributed by atoms with van der Waals surface area (Å²) in [6.07, 6.45) is 5.24. The molecule has 2 aliphatic carbocycles. The number of aromatic hydroxyl groups is 1. The fourth-order valence-electron chi connectivity index (χ4n) is 4.94. The molecule has 1 aromatic carbocycles. The van der Waals surface area contributed by atoms with Gasteiger partial charge in [-0.1, -0.05) is 52.2 Å². The molecule has 200 valence electrons. The predicted molar refractivity (Wildman–Crippen MR) is 138 cm³/mol. The van der Waals surface area contributed by atoms with E-state index in [-0.39, 0.29) is 41.5 Å². The third-order valence-electron chi connectivity index (χ3n) is 6.95. The van der Waals surface area contributed by atoms with Gasteiger partial charge in [0, 0.05) is 12.1 Å². The summed E-state index contributed by atoms with van der Waals surface area (Å²) in [6, 6.07) is 4.70. The molecular weight excluding hydrogens is 458 g/mol. The van der Waals surface area contributed by atoms with E-state index in [1.54, 1.807) is 49.9 Å². The number of carbonyl (C=O) groups excluding carboxylic acids is 3. The van der Waals surface area contributed by atoms with E-state index in [9.17, 15) is 19.5 Å². The minimum absolute atomic E-state index is 0.0338. The van der Waals surface area contributed by atoms with Gasteiger partial charge in [0.05, 0.1) is 0 Å². The molecule has 3 rings (SSSR count). The molecule has 0 heterocycles. The average molecular weight is 502 g/mol. The summed E-state index contributed by atoms with van der Waals surface area (Å²) < 4.78 is 5.42. The highest BCUT2D eigenvalue weighted by atomic mass is 16.6. The van der Waals surface area contributed by atoms with Crippen molar-refractivity contribution in [2.75, 3.05) is 0 Å². The van der Waals surface area contributed by atoms with Gasteiger partial charge in [-0.25, -0.2) is 4.79 Å². The number of amides is 3. The van der Waals surface area contributed by atoms with Gasteiger partial charge in [-0.15, -0.1) is 0 Å². The molecule has 0 saturated heterocycles. The third-order valence-corrected chi connectivity index (χ3v) is 6.95. The van der Waals surface area contributed by atoms with Crippen LogP contribution in [0.4, 0.5) is 4.79 Å². The minimum Gasteiger partial charge on any atom is -0.508 e. The summed E-state index contributed by atoms with van der Waals surface area (Å²) >= 11 is 0. The van der Waals surface area contributed by atoms with Gasteiger partial charge in [-0.2, -0.15) is 0 Å². The van der Waals surface area contributed by atoms with Gasteiger partial charge < -0.3 is 25.4 Å². The lowest BCUT2D eigenvalue weighted by molar-refractivity contribution is -0.144. The zero-order valence-electron chi connectivity index (χ0n) is 22.5. The molecule has 2 saturated carbocycles. The van der Waals surface area contributed by atoms with Crippen LogP contribution < -0.4 is 10.6 Å².